The second-order valence-electron chi connectivity index (χ2n) is 4.64. The van der Waals surface area contributed by atoms with Gasteiger partial charge in [-0.05, 0) is 25.3 Å². The minimum atomic E-state index is -3.84. The average Bonchev–Trinajstić information content (AvgIpc) is 2.33. The summed E-state index contributed by atoms with van der Waals surface area (Å²) in [4.78, 5) is 2.11. The summed E-state index contributed by atoms with van der Waals surface area (Å²) in [6.07, 6.45) is 1.16. The zero-order valence-corrected chi connectivity index (χ0v) is 12.1. The van der Waals surface area contributed by atoms with Gasteiger partial charge in [0.05, 0.1) is 5.75 Å². The molecule has 5 heteroatoms. The second-order valence-corrected chi connectivity index (χ2v) is 6.21. The Morgan fingerprint density at radius 3 is 2.42 bits per heavy atom. The van der Waals surface area contributed by atoms with E-state index < -0.39 is 10.1 Å². The maximum Gasteiger partial charge on any atom is 0.264 e. The monoisotopic (exact) mass is 283 g/mol. The van der Waals surface area contributed by atoms with E-state index in [-0.39, 0.29) is 5.75 Å². The zero-order chi connectivity index (χ0) is 14.3. The van der Waals surface area contributed by atoms with Crippen molar-refractivity contribution in [3.63, 3.8) is 0 Å². The maximum atomic E-state index is 10.6. The molecule has 1 aromatic carbocycles. The Morgan fingerprint density at radius 1 is 1.26 bits per heavy atom. The van der Waals surface area contributed by atoms with Crippen molar-refractivity contribution in [2.45, 2.75) is 26.3 Å². The lowest BCUT2D eigenvalue weighted by atomic mass is 10.2. The molecule has 1 aromatic rings. The van der Waals surface area contributed by atoms with Crippen LogP contribution in [0.4, 0.5) is 0 Å². The van der Waals surface area contributed by atoms with Crippen LogP contribution in [0.5, 0.6) is 0 Å². The minimum absolute atomic E-state index is 0.178. The third kappa shape index (κ3) is 6.98. The van der Waals surface area contributed by atoms with E-state index in [0.717, 1.165) is 18.8 Å². The fourth-order valence-corrected chi connectivity index (χ4v) is 2.36. The van der Waals surface area contributed by atoms with Crippen LogP contribution in [-0.4, -0.2) is 30.2 Å². The van der Waals surface area contributed by atoms with E-state index in [1.807, 2.05) is 37.3 Å². The predicted molar refractivity (Wildman–Crippen MR) is 77.3 cm³/mol. The lowest BCUT2D eigenvalue weighted by Crippen LogP contribution is -2.22. The molecule has 0 amide bonds. The minimum Gasteiger partial charge on any atom is -0.371 e. The van der Waals surface area contributed by atoms with Gasteiger partial charge in [-0.3, -0.25) is 4.55 Å². The molecule has 0 aliphatic rings. The average molecular weight is 283 g/mol. The third-order valence-electron chi connectivity index (χ3n) is 2.84. The summed E-state index contributed by atoms with van der Waals surface area (Å²) >= 11 is 0. The number of benzene rings is 1. The van der Waals surface area contributed by atoms with E-state index in [0.29, 0.717) is 12.8 Å². The molecule has 0 radical (unpaired) electrons. The Morgan fingerprint density at radius 2 is 1.89 bits per heavy atom. The highest BCUT2D eigenvalue weighted by Crippen LogP contribution is 2.11. The van der Waals surface area contributed by atoms with Gasteiger partial charge in [0.1, 0.15) is 0 Å². The lowest BCUT2D eigenvalue weighted by molar-refractivity contribution is 0.332. The molecule has 0 saturated carbocycles. The summed E-state index contributed by atoms with van der Waals surface area (Å²) in [5, 5.41) is 0. The van der Waals surface area contributed by atoms with Gasteiger partial charge in [0.15, 0.2) is 0 Å². The SMILES string of the molecule is C=C(C)N(CCCCS(=O)(=O)O)Cc1ccccc1. The molecule has 0 spiro atoms. The van der Waals surface area contributed by atoms with Crippen molar-refractivity contribution >= 4 is 10.1 Å². The van der Waals surface area contributed by atoms with Crippen LogP contribution in [0.3, 0.4) is 0 Å². The quantitative estimate of drug-likeness (QED) is 0.588. The molecule has 0 saturated heterocycles. The number of rotatable bonds is 8. The van der Waals surface area contributed by atoms with E-state index >= 15 is 0 Å². The predicted octanol–water partition coefficient (Wildman–Crippen LogP) is 2.69. The van der Waals surface area contributed by atoms with Crippen LogP contribution in [0.25, 0.3) is 0 Å². The highest BCUT2D eigenvalue weighted by atomic mass is 32.2. The fraction of sp³-hybridized carbons (Fsp3) is 0.429. The van der Waals surface area contributed by atoms with Gasteiger partial charge in [-0.2, -0.15) is 8.42 Å². The number of unbranched alkanes of at least 4 members (excludes halogenated alkanes) is 1. The Balaban J connectivity index is 2.44. The Bertz CT molecular complexity index is 497. The van der Waals surface area contributed by atoms with E-state index in [1.54, 1.807) is 0 Å². The van der Waals surface area contributed by atoms with Gasteiger partial charge >= 0.3 is 0 Å². The van der Waals surface area contributed by atoms with Crippen LogP contribution in [0.2, 0.25) is 0 Å². The molecular weight excluding hydrogens is 262 g/mol. The van der Waals surface area contributed by atoms with Crippen LogP contribution < -0.4 is 0 Å². The number of hydrogen-bond donors (Lipinski definition) is 1. The van der Waals surface area contributed by atoms with Gasteiger partial charge in [-0.1, -0.05) is 36.9 Å². The van der Waals surface area contributed by atoms with Crippen LogP contribution in [0.15, 0.2) is 42.6 Å². The molecule has 0 bridgehead atoms. The maximum absolute atomic E-state index is 10.6. The summed E-state index contributed by atoms with van der Waals surface area (Å²) < 4.78 is 29.9. The molecular formula is C14H21NO3S. The molecule has 1 rings (SSSR count). The second kappa shape index (κ2) is 7.31. The molecule has 0 unspecified atom stereocenters. The zero-order valence-electron chi connectivity index (χ0n) is 11.2. The van der Waals surface area contributed by atoms with E-state index in [9.17, 15) is 8.42 Å². The molecule has 1 N–H and O–H groups in total. The Hall–Kier alpha value is -1.33. The van der Waals surface area contributed by atoms with E-state index in [1.165, 1.54) is 5.56 Å². The van der Waals surface area contributed by atoms with E-state index in [4.69, 9.17) is 4.55 Å². The van der Waals surface area contributed by atoms with Crippen molar-refractivity contribution in [3.8, 4) is 0 Å². The molecule has 0 heterocycles. The van der Waals surface area contributed by atoms with Gasteiger partial charge in [0.2, 0.25) is 0 Å². The standard InChI is InChI=1S/C14H21NO3S/c1-13(2)15(10-6-7-11-19(16,17)18)12-14-8-4-3-5-9-14/h3-5,8-9H,1,6-7,10-12H2,2H3,(H,16,17,18). The van der Waals surface area contributed by atoms with Crippen molar-refractivity contribution in [1.82, 2.24) is 4.90 Å². The first-order valence-corrected chi connectivity index (χ1v) is 7.89. The third-order valence-corrected chi connectivity index (χ3v) is 3.64. The summed E-state index contributed by atoms with van der Waals surface area (Å²) in [5.74, 6) is -0.178. The van der Waals surface area contributed by atoms with Crippen molar-refractivity contribution in [1.29, 1.82) is 0 Å². The first-order chi connectivity index (χ1) is 8.88. The highest BCUT2D eigenvalue weighted by molar-refractivity contribution is 7.85. The molecule has 0 aliphatic heterocycles. The van der Waals surface area contributed by atoms with Gasteiger partial charge in [0, 0.05) is 18.8 Å². The van der Waals surface area contributed by atoms with Gasteiger partial charge in [0.25, 0.3) is 10.1 Å². The van der Waals surface area contributed by atoms with Crippen LogP contribution in [0, 0.1) is 0 Å². The highest BCUT2D eigenvalue weighted by Gasteiger charge is 2.07. The lowest BCUT2D eigenvalue weighted by Gasteiger charge is -2.24. The summed E-state index contributed by atoms with van der Waals surface area (Å²) in [6.45, 7) is 7.38. The first-order valence-electron chi connectivity index (χ1n) is 6.28. The molecule has 0 atom stereocenters. The number of nitrogens with zero attached hydrogens (tertiary/aromatic N) is 1. The number of allylic oxidation sites excluding steroid dienone is 1. The molecule has 0 fully saturated rings. The van der Waals surface area contributed by atoms with Crippen LogP contribution in [0.1, 0.15) is 25.3 Å². The Kier molecular flexibility index (Phi) is 6.05. The van der Waals surface area contributed by atoms with Gasteiger partial charge in [-0.25, -0.2) is 0 Å². The van der Waals surface area contributed by atoms with Crippen LogP contribution >= 0.6 is 0 Å². The van der Waals surface area contributed by atoms with Crippen molar-refractivity contribution in [3.05, 3.63) is 48.2 Å². The molecule has 0 aliphatic carbocycles. The topological polar surface area (TPSA) is 57.6 Å². The van der Waals surface area contributed by atoms with Crippen molar-refractivity contribution in [2.24, 2.45) is 0 Å². The Labute approximate surface area is 115 Å². The molecule has 0 aromatic heterocycles. The largest absolute Gasteiger partial charge is 0.371 e. The van der Waals surface area contributed by atoms with Gasteiger partial charge in [-0.15, -0.1) is 0 Å². The molecule has 19 heavy (non-hydrogen) atoms. The summed E-state index contributed by atoms with van der Waals surface area (Å²) in [6, 6.07) is 10.1. The van der Waals surface area contributed by atoms with Gasteiger partial charge < -0.3 is 4.90 Å². The number of hydrogen-bond acceptors (Lipinski definition) is 3. The summed E-state index contributed by atoms with van der Waals surface area (Å²) in [7, 11) is -3.84. The van der Waals surface area contributed by atoms with Crippen molar-refractivity contribution in [2.75, 3.05) is 12.3 Å². The van der Waals surface area contributed by atoms with Crippen molar-refractivity contribution < 1.29 is 13.0 Å². The first kappa shape index (κ1) is 15.7. The molecule has 106 valence electrons. The normalized spacial score (nSPS) is 11.3. The van der Waals surface area contributed by atoms with E-state index in [2.05, 4.69) is 11.5 Å². The summed E-state index contributed by atoms with van der Waals surface area (Å²) in [5.41, 5.74) is 2.15. The smallest absolute Gasteiger partial charge is 0.264 e. The fourth-order valence-electron chi connectivity index (χ4n) is 1.80. The van der Waals surface area contributed by atoms with Crippen LogP contribution in [-0.2, 0) is 16.7 Å². The molecule has 4 nitrogen and oxygen atoms in total.